The second-order valence-corrected chi connectivity index (χ2v) is 8.45. The smallest absolute Gasteiger partial charge is 0.408 e. The van der Waals surface area contributed by atoms with Gasteiger partial charge in [0.1, 0.15) is 24.1 Å². The number of nitrogens with zero attached hydrogens (tertiary/aromatic N) is 1. The zero-order valence-electron chi connectivity index (χ0n) is 16.3. The number of carbonyl (C=O) groups is 3. The molecule has 2 aliphatic rings. The van der Waals surface area contributed by atoms with Gasteiger partial charge in [-0.05, 0) is 11.1 Å². The van der Waals surface area contributed by atoms with E-state index >= 15 is 0 Å². The molecule has 0 aliphatic carbocycles. The van der Waals surface area contributed by atoms with Gasteiger partial charge in [-0.15, -0.1) is 11.8 Å². The van der Waals surface area contributed by atoms with E-state index in [0.717, 1.165) is 23.4 Å². The molecule has 2 fully saturated rings. The number of fused-ring (bicyclic) bond motifs is 1. The van der Waals surface area contributed by atoms with Gasteiger partial charge in [0.15, 0.2) is 0 Å². The summed E-state index contributed by atoms with van der Waals surface area (Å²) in [5.74, 6) is 0.421. The fraction of sp³-hybridized carbons (Fsp3) is 0.318. The molecular formula is C22H23N3O4S. The van der Waals surface area contributed by atoms with Gasteiger partial charge >= 0.3 is 6.09 Å². The van der Waals surface area contributed by atoms with Crippen LogP contribution in [0, 0.1) is 0 Å². The predicted octanol–water partition coefficient (Wildman–Crippen LogP) is 1.92. The third-order valence-electron chi connectivity index (χ3n) is 5.16. The van der Waals surface area contributed by atoms with Crippen LogP contribution in [0.3, 0.4) is 0 Å². The number of hydrogen-bond donors (Lipinski definition) is 2. The molecule has 0 unspecified atom stereocenters. The van der Waals surface area contributed by atoms with Crippen LogP contribution < -0.4 is 10.6 Å². The number of ether oxygens (including phenoxy) is 1. The Morgan fingerprint density at radius 3 is 2.43 bits per heavy atom. The molecule has 0 radical (unpaired) electrons. The number of alkyl carbamates (subject to hydrolysis) is 1. The number of amides is 3. The number of thioether (sulfide) groups is 1. The topological polar surface area (TPSA) is 87.7 Å². The zero-order chi connectivity index (χ0) is 20.9. The number of rotatable bonds is 7. The molecule has 4 rings (SSSR count). The first kappa shape index (κ1) is 20.3. The lowest BCUT2D eigenvalue weighted by molar-refractivity contribution is -0.147. The van der Waals surface area contributed by atoms with Crippen LogP contribution in [0.15, 0.2) is 60.7 Å². The molecule has 0 saturated carbocycles. The van der Waals surface area contributed by atoms with Gasteiger partial charge < -0.3 is 20.3 Å². The molecule has 30 heavy (non-hydrogen) atoms. The predicted molar refractivity (Wildman–Crippen MR) is 114 cm³/mol. The van der Waals surface area contributed by atoms with Gasteiger partial charge in [0.2, 0.25) is 11.8 Å². The molecule has 8 heteroatoms. The molecule has 2 aliphatic heterocycles. The molecule has 2 heterocycles. The Bertz CT molecular complexity index is 909. The van der Waals surface area contributed by atoms with E-state index in [2.05, 4.69) is 10.6 Å². The minimum Gasteiger partial charge on any atom is -0.445 e. The first-order valence-corrected chi connectivity index (χ1v) is 10.9. The highest BCUT2D eigenvalue weighted by Crippen LogP contribution is 2.35. The van der Waals surface area contributed by atoms with Crippen molar-refractivity contribution >= 4 is 29.7 Å². The van der Waals surface area contributed by atoms with Crippen LogP contribution in [0.1, 0.15) is 11.1 Å². The van der Waals surface area contributed by atoms with Crippen LogP contribution in [0.4, 0.5) is 4.79 Å². The summed E-state index contributed by atoms with van der Waals surface area (Å²) in [6.07, 6.45) is -0.373. The fourth-order valence-electron chi connectivity index (χ4n) is 3.57. The lowest BCUT2D eigenvalue weighted by Gasteiger charge is -2.42. The Balaban J connectivity index is 1.39. The monoisotopic (exact) mass is 425 g/mol. The molecule has 2 saturated heterocycles. The normalized spacial score (nSPS) is 20.7. The van der Waals surface area contributed by atoms with E-state index in [9.17, 15) is 14.4 Å². The maximum Gasteiger partial charge on any atom is 0.408 e. The highest BCUT2D eigenvalue weighted by molar-refractivity contribution is 8.00. The van der Waals surface area contributed by atoms with Crippen molar-refractivity contribution in [2.45, 2.75) is 30.5 Å². The molecular weight excluding hydrogens is 402 g/mol. The quantitative estimate of drug-likeness (QED) is 0.662. The first-order valence-electron chi connectivity index (χ1n) is 9.85. The second kappa shape index (κ2) is 9.21. The van der Waals surface area contributed by atoms with Gasteiger partial charge in [0.05, 0.1) is 0 Å². The molecule has 3 atom stereocenters. The largest absolute Gasteiger partial charge is 0.445 e. The molecule has 3 amide bonds. The van der Waals surface area contributed by atoms with Crippen LogP contribution in [0.2, 0.25) is 0 Å². The number of hydrogen-bond acceptors (Lipinski definition) is 5. The van der Waals surface area contributed by atoms with Crippen molar-refractivity contribution in [2.75, 3.05) is 12.3 Å². The summed E-state index contributed by atoms with van der Waals surface area (Å²) in [6, 6.07) is 17.4. The van der Waals surface area contributed by atoms with Crippen molar-refractivity contribution in [3.63, 3.8) is 0 Å². The highest BCUT2D eigenvalue weighted by atomic mass is 32.2. The fourth-order valence-corrected chi connectivity index (χ4v) is 4.88. The van der Waals surface area contributed by atoms with Crippen molar-refractivity contribution in [3.05, 3.63) is 71.8 Å². The van der Waals surface area contributed by atoms with Gasteiger partial charge in [-0.1, -0.05) is 60.7 Å². The maximum atomic E-state index is 12.9. The third-order valence-corrected chi connectivity index (χ3v) is 6.45. The van der Waals surface area contributed by atoms with E-state index in [1.54, 1.807) is 16.7 Å². The van der Waals surface area contributed by atoms with E-state index in [1.165, 1.54) is 0 Å². The Hall–Kier alpha value is -3.00. The molecule has 0 spiro atoms. The summed E-state index contributed by atoms with van der Waals surface area (Å²) in [6.45, 7) is 0.833. The van der Waals surface area contributed by atoms with Gasteiger partial charge in [-0.2, -0.15) is 0 Å². The SMILES string of the molecule is O=C(N[C@@H](Cc1ccccc1)C(=O)N[C@@H]1C(=O)N2CCS[C@H]12)OCc1ccccc1. The zero-order valence-corrected chi connectivity index (χ0v) is 17.1. The Morgan fingerprint density at radius 1 is 1.07 bits per heavy atom. The number of benzene rings is 2. The van der Waals surface area contributed by atoms with Crippen molar-refractivity contribution in [1.29, 1.82) is 0 Å². The van der Waals surface area contributed by atoms with E-state index < -0.39 is 18.2 Å². The average molecular weight is 426 g/mol. The molecule has 156 valence electrons. The van der Waals surface area contributed by atoms with Crippen LogP contribution in [-0.4, -0.2) is 52.6 Å². The summed E-state index contributed by atoms with van der Waals surface area (Å²) in [5, 5.41) is 5.46. The van der Waals surface area contributed by atoms with Crippen molar-refractivity contribution in [1.82, 2.24) is 15.5 Å². The summed E-state index contributed by atoms with van der Waals surface area (Å²) < 4.78 is 5.27. The summed E-state index contributed by atoms with van der Waals surface area (Å²) in [7, 11) is 0. The minimum atomic E-state index is -0.844. The highest BCUT2D eigenvalue weighted by Gasteiger charge is 2.51. The summed E-state index contributed by atoms with van der Waals surface area (Å²) >= 11 is 1.66. The lowest BCUT2D eigenvalue weighted by Crippen LogP contribution is -2.68. The van der Waals surface area contributed by atoms with Crippen LogP contribution in [0.5, 0.6) is 0 Å². The van der Waals surface area contributed by atoms with E-state index in [1.807, 2.05) is 60.7 Å². The van der Waals surface area contributed by atoms with Crippen LogP contribution in [0.25, 0.3) is 0 Å². The standard InChI is InChI=1S/C22H23N3O4S/c26-19(24-18-20(27)25-11-12-30-21(18)25)17(13-15-7-3-1-4-8-15)23-22(28)29-14-16-9-5-2-6-10-16/h1-10,17-18,21H,11-14H2,(H,23,28)(H,24,26)/t17-,18+,21+/m0/s1. The van der Waals surface area contributed by atoms with Gasteiger partial charge in [-0.25, -0.2) is 4.79 Å². The summed E-state index contributed by atoms with van der Waals surface area (Å²) in [5.41, 5.74) is 1.76. The maximum absolute atomic E-state index is 12.9. The Labute approximate surface area is 179 Å². The molecule has 2 N–H and O–H groups in total. The Kier molecular flexibility index (Phi) is 6.23. The third kappa shape index (κ3) is 4.59. The van der Waals surface area contributed by atoms with Crippen molar-refractivity contribution in [3.8, 4) is 0 Å². The van der Waals surface area contributed by atoms with E-state index in [4.69, 9.17) is 4.74 Å². The lowest BCUT2D eigenvalue weighted by atomic mass is 10.0. The second-order valence-electron chi connectivity index (χ2n) is 7.23. The van der Waals surface area contributed by atoms with Gasteiger partial charge in [0, 0.05) is 18.7 Å². The van der Waals surface area contributed by atoms with E-state index in [0.29, 0.717) is 6.42 Å². The summed E-state index contributed by atoms with van der Waals surface area (Å²) in [4.78, 5) is 39.3. The minimum absolute atomic E-state index is 0.0103. The number of nitrogens with one attached hydrogen (secondary N) is 2. The molecule has 0 aromatic heterocycles. The molecule has 2 aromatic rings. The van der Waals surface area contributed by atoms with E-state index in [-0.39, 0.29) is 23.8 Å². The first-order chi connectivity index (χ1) is 14.6. The van der Waals surface area contributed by atoms with Gasteiger partial charge in [0.25, 0.3) is 0 Å². The van der Waals surface area contributed by atoms with Crippen LogP contribution in [-0.2, 0) is 27.4 Å². The molecule has 0 bridgehead atoms. The van der Waals surface area contributed by atoms with Crippen molar-refractivity contribution < 1.29 is 19.1 Å². The Morgan fingerprint density at radius 2 is 1.73 bits per heavy atom. The van der Waals surface area contributed by atoms with Crippen LogP contribution >= 0.6 is 11.8 Å². The average Bonchev–Trinajstić information content (AvgIpc) is 3.22. The van der Waals surface area contributed by atoms with Gasteiger partial charge in [-0.3, -0.25) is 9.59 Å². The number of carbonyl (C=O) groups excluding carboxylic acids is 3. The molecule has 2 aromatic carbocycles. The number of β-lactam (4-membered cyclic amide) rings is 1. The van der Waals surface area contributed by atoms with Crippen molar-refractivity contribution in [2.24, 2.45) is 0 Å². The molecule has 7 nitrogen and oxygen atoms in total.